The number of aliphatic carboxylic acids is 1. The minimum Gasteiger partial charge on any atom is -0.480 e. The molecule has 3 rings (SSSR count). The average Bonchev–Trinajstić information content (AvgIpc) is 3.16. The van der Waals surface area contributed by atoms with Gasteiger partial charge in [0.15, 0.2) is 0 Å². The second-order valence-electron chi connectivity index (χ2n) is 5.71. The number of pyridine rings is 1. The summed E-state index contributed by atoms with van der Waals surface area (Å²) in [5.41, 5.74) is 2.03. The Morgan fingerprint density at radius 2 is 2.05 bits per heavy atom. The summed E-state index contributed by atoms with van der Waals surface area (Å²) in [6, 6.07) is 2.82. The number of carboxylic acid groups (broad SMARTS) is 1. The van der Waals surface area contributed by atoms with Crippen LogP contribution < -0.4 is 0 Å². The molecule has 2 aliphatic rings. The van der Waals surface area contributed by atoms with Crippen LogP contribution in [0.1, 0.15) is 34.6 Å². The molecule has 1 amide bonds. The highest BCUT2D eigenvalue weighted by molar-refractivity contribution is 8.00. The highest BCUT2D eigenvalue weighted by Crippen LogP contribution is 2.46. The van der Waals surface area contributed by atoms with Crippen molar-refractivity contribution in [1.29, 1.82) is 0 Å². The molecule has 1 saturated carbocycles. The maximum absolute atomic E-state index is 12.8. The van der Waals surface area contributed by atoms with Crippen LogP contribution in [-0.4, -0.2) is 44.0 Å². The Morgan fingerprint density at radius 1 is 1.33 bits per heavy atom. The SMILES string of the molecule is Cc1ccc(C(=O)N2C(C(=O)O)CSC2C2CC2)c(C)n1. The van der Waals surface area contributed by atoms with Crippen LogP contribution in [0.3, 0.4) is 0 Å². The van der Waals surface area contributed by atoms with Crippen molar-refractivity contribution in [1.82, 2.24) is 9.88 Å². The molecule has 0 spiro atoms. The number of carbonyl (C=O) groups excluding carboxylic acids is 1. The number of aryl methyl sites for hydroxylation is 2. The first-order valence-corrected chi connectivity index (χ1v) is 8.15. The highest BCUT2D eigenvalue weighted by atomic mass is 32.2. The van der Waals surface area contributed by atoms with Crippen molar-refractivity contribution in [3.05, 3.63) is 29.1 Å². The summed E-state index contributed by atoms with van der Waals surface area (Å²) in [6.07, 6.45) is 2.16. The molecule has 1 aromatic heterocycles. The van der Waals surface area contributed by atoms with E-state index in [4.69, 9.17) is 0 Å². The molecule has 1 aliphatic heterocycles. The van der Waals surface area contributed by atoms with Gasteiger partial charge in [0.05, 0.1) is 16.6 Å². The second-order valence-corrected chi connectivity index (χ2v) is 6.86. The van der Waals surface area contributed by atoms with E-state index >= 15 is 0 Å². The third-order valence-corrected chi connectivity index (χ3v) is 5.50. The first-order valence-electron chi connectivity index (χ1n) is 7.10. The van der Waals surface area contributed by atoms with Crippen molar-refractivity contribution in [3.63, 3.8) is 0 Å². The van der Waals surface area contributed by atoms with E-state index < -0.39 is 12.0 Å². The lowest BCUT2D eigenvalue weighted by Gasteiger charge is -2.27. The van der Waals surface area contributed by atoms with Crippen LogP contribution in [0.2, 0.25) is 0 Å². The smallest absolute Gasteiger partial charge is 0.327 e. The number of amides is 1. The van der Waals surface area contributed by atoms with Crippen molar-refractivity contribution in [2.45, 2.75) is 38.1 Å². The minimum absolute atomic E-state index is 0.000645. The lowest BCUT2D eigenvalue weighted by atomic mass is 10.1. The van der Waals surface area contributed by atoms with Crippen LogP contribution in [0.5, 0.6) is 0 Å². The molecule has 2 heterocycles. The molecule has 5 nitrogen and oxygen atoms in total. The Kier molecular flexibility index (Phi) is 3.65. The Labute approximate surface area is 127 Å². The molecule has 1 saturated heterocycles. The number of nitrogens with zero attached hydrogens (tertiary/aromatic N) is 2. The average molecular weight is 306 g/mol. The van der Waals surface area contributed by atoms with E-state index in [0.717, 1.165) is 18.5 Å². The van der Waals surface area contributed by atoms with E-state index in [-0.39, 0.29) is 11.3 Å². The van der Waals surface area contributed by atoms with Crippen LogP contribution in [0.4, 0.5) is 0 Å². The molecule has 2 unspecified atom stereocenters. The zero-order valence-electron chi connectivity index (χ0n) is 12.1. The van der Waals surface area contributed by atoms with Crippen LogP contribution in [0, 0.1) is 19.8 Å². The number of carboxylic acids is 1. The van der Waals surface area contributed by atoms with Gasteiger partial charge in [-0.1, -0.05) is 0 Å². The molecule has 6 heteroatoms. The molecular formula is C15H18N2O3S. The van der Waals surface area contributed by atoms with E-state index in [1.54, 1.807) is 35.7 Å². The lowest BCUT2D eigenvalue weighted by molar-refractivity contribution is -0.141. The molecule has 0 aromatic carbocycles. The summed E-state index contributed by atoms with van der Waals surface area (Å²) in [7, 11) is 0. The van der Waals surface area contributed by atoms with Gasteiger partial charge in [-0.05, 0) is 44.7 Å². The van der Waals surface area contributed by atoms with Gasteiger partial charge in [-0.2, -0.15) is 0 Å². The Hall–Kier alpha value is -1.56. The van der Waals surface area contributed by atoms with Gasteiger partial charge in [0, 0.05) is 11.4 Å². The van der Waals surface area contributed by atoms with Gasteiger partial charge < -0.3 is 10.0 Å². The first kappa shape index (κ1) is 14.4. The zero-order valence-corrected chi connectivity index (χ0v) is 12.9. The monoisotopic (exact) mass is 306 g/mol. The first-order chi connectivity index (χ1) is 9.99. The van der Waals surface area contributed by atoms with Crippen molar-refractivity contribution in [2.24, 2.45) is 5.92 Å². The number of carbonyl (C=O) groups is 2. The standard InChI is InChI=1S/C15H18N2O3S/c1-8-3-6-11(9(2)16-8)13(18)17-12(15(19)20)7-21-14(17)10-4-5-10/h3,6,10,12,14H,4-5,7H2,1-2H3,(H,19,20). The summed E-state index contributed by atoms with van der Waals surface area (Å²) in [5.74, 6) is -0.200. The second kappa shape index (κ2) is 5.33. The Bertz CT molecular complexity index is 601. The molecule has 2 fully saturated rings. The van der Waals surface area contributed by atoms with E-state index in [0.29, 0.717) is 22.9 Å². The highest BCUT2D eigenvalue weighted by Gasteiger charge is 2.48. The fourth-order valence-electron chi connectivity index (χ4n) is 2.77. The van der Waals surface area contributed by atoms with Crippen molar-refractivity contribution < 1.29 is 14.7 Å². The third-order valence-electron chi connectivity index (χ3n) is 4.04. The maximum Gasteiger partial charge on any atom is 0.327 e. The fraction of sp³-hybridized carbons (Fsp3) is 0.533. The van der Waals surface area contributed by atoms with Crippen molar-refractivity contribution >= 4 is 23.6 Å². The largest absolute Gasteiger partial charge is 0.480 e. The molecule has 0 radical (unpaired) electrons. The van der Waals surface area contributed by atoms with E-state index in [2.05, 4.69) is 4.98 Å². The van der Waals surface area contributed by atoms with Gasteiger partial charge in [0.2, 0.25) is 0 Å². The summed E-state index contributed by atoms with van der Waals surface area (Å²) in [5, 5.41) is 9.39. The van der Waals surface area contributed by atoms with Crippen LogP contribution >= 0.6 is 11.8 Å². The number of rotatable bonds is 3. The van der Waals surface area contributed by atoms with Gasteiger partial charge in [-0.3, -0.25) is 9.78 Å². The molecule has 2 atom stereocenters. The molecule has 0 bridgehead atoms. The van der Waals surface area contributed by atoms with E-state index in [1.165, 1.54) is 0 Å². The van der Waals surface area contributed by atoms with Crippen molar-refractivity contribution in [3.8, 4) is 0 Å². The predicted octanol–water partition coefficient (Wildman–Crippen LogP) is 2.08. The molecule has 1 N–H and O–H groups in total. The third kappa shape index (κ3) is 2.64. The van der Waals surface area contributed by atoms with Gasteiger partial charge in [0.1, 0.15) is 6.04 Å². The van der Waals surface area contributed by atoms with Gasteiger partial charge >= 0.3 is 5.97 Å². The topological polar surface area (TPSA) is 70.5 Å². The molecule has 1 aromatic rings. The predicted molar refractivity (Wildman–Crippen MR) is 80.3 cm³/mol. The summed E-state index contributed by atoms with van der Waals surface area (Å²) in [6.45, 7) is 3.67. The van der Waals surface area contributed by atoms with Gasteiger partial charge in [0.25, 0.3) is 5.91 Å². The van der Waals surface area contributed by atoms with Crippen molar-refractivity contribution in [2.75, 3.05) is 5.75 Å². The van der Waals surface area contributed by atoms with Crippen LogP contribution in [0.25, 0.3) is 0 Å². The number of hydrogen-bond acceptors (Lipinski definition) is 4. The summed E-state index contributed by atoms with van der Waals surface area (Å²) in [4.78, 5) is 30.2. The van der Waals surface area contributed by atoms with Gasteiger partial charge in [-0.25, -0.2) is 4.79 Å². The van der Waals surface area contributed by atoms with Crippen LogP contribution in [-0.2, 0) is 4.79 Å². The zero-order chi connectivity index (χ0) is 15.1. The molecule has 112 valence electrons. The summed E-state index contributed by atoms with van der Waals surface area (Å²) < 4.78 is 0. The number of aromatic nitrogens is 1. The normalized spacial score (nSPS) is 25.1. The Morgan fingerprint density at radius 3 is 2.62 bits per heavy atom. The van der Waals surface area contributed by atoms with Gasteiger partial charge in [-0.15, -0.1) is 11.8 Å². The number of hydrogen-bond donors (Lipinski definition) is 1. The molecule has 1 aliphatic carbocycles. The Balaban J connectivity index is 1.93. The molecular weight excluding hydrogens is 288 g/mol. The number of thioether (sulfide) groups is 1. The molecule has 21 heavy (non-hydrogen) atoms. The minimum atomic E-state index is -0.920. The van der Waals surface area contributed by atoms with E-state index in [9.17, 15) is 14.7 Å². The lowest BCUT2D eigenvalue weighted by Crippen LogP contribution is -2.46. The quantitative estimate of drug-likeness (QED) is 0.926. The summed E-state index contributed by atoms with van der Waals surface area (Å²) >= 11 is 1.59. The fourth-order valence-corrected chi connectivity index (χ4v) is 4.40. The van der Waals surface area contributed by atoms with E-state index in [1.807, 2.05) is 6.92 Å². The van der Waals surface area contributed by atoms with Crippen LogP contribution in [0.15, 0.2) is 12.1 Å². The maximum atomic E-state index is 12.8.